The topological polar surface area (TPSA) is 76.1 Å². The number of carboxylic acid groups (broad SMARTS) is 1. The Morgan fingerprint density at radius 2 is 1.96 bits per heavy atom. The maximum absolute atomic E-state index is 12.9. The van der Waals surface area contributed by atoms with E-state index in [0.717, 1.165) is 17.5 Å². The molecule has 3 rings (SSSR count). The summed E-state index contributed by atoms with van der Waals surface area (Å²) in [6.45, 7) is 2.63. The van der Waals surface area contributed by atoms with Gasteiger partial charge in [-0.05, 0) is 48.4 Å². The molecule has 1 fully saturated rings. The third-order valence-corrected chi connectivity index (χ3v) is 5.57. The first-order chi connectivity index (χ1) is 12.0. The number of methoxy groups -OCH3 is 2. The Bertz CT molecular complexity index is 687. The van der Waals surface area contributed by atoms with E-state index in [1.165, 1.54) is 0 Å². The molecule has 1 aromatic carbocycles. The molecule has 0 unspecified atom stereocenters. The fourth-order valence-corrected chi connectivity index (χ4v) is 4.37. The summed E-state index contributed by atoms with van der Waals surface area (Å²) in [7, 11) is 3.20. The third-order valence-electron chi connectivity index (χ3n) is 5.57. The van der Waals surface area contributed by atoms with Crippen molar-refractivity contribution in [3.63, 3.8) is 0 Å². The lowest BCUT2D eigenvalue weighted by molar-refractivity contribution is -0.149. The molecule has 25 heavy (non-hydrogen) atoms. The minimum Gasteiger partial charge on any atom is -0.493 e. The van der Waals surface area contributed by atoms with Gasteiger partial charge in [-0.1, -0.05) is 6.92 Å². The van der Waals surface area contributed by atoms with Crippen molar-refractivity contribution >= 4 is 11.9 Å². The first-order valence-corrected chi connectivity index (χ1v) is 8.77. The molecule has 0 aromatic heterocycles. The molecule has 1 N–H and O–H groups in total. The van der Waals surface area contributed by atoms with Gasteiger partial charge < -0.3 is 19.5 Å². The van der Waals surface area contributed by atoms with Gasteiger partial charge in [0.15, 0.2) is 11.5 Å². The van der Waals surface area contributed by atoms with Crippen molar-refractivity contribution in [1.82, 2.24) is 4.90 Å². The maximum atomic E-state index is 12.9. The largest absolute Gasteiger partial charge is 0.493 e. The second-order valence-electron chi connectivity index (χ2n) is 6.81. The highest BCUT2D eigenvalue weighted by Crippen LogP contribution is 2.46. The number of carboxylic acids is 1. The Balaban J connectivity index is 2.00. The van der Waals surface area contributed by atoms with Crippen LogP contribution in [0.4, 0.5) is 0 Å². The molecule has 3 atom stereocenters. The molecule has 2 aliphatic rings. The van der Waals surface area contributed by atoms with Crippen LogP contribution in [-0.2, 0) is 16.0 Å². The Morgan fingerprint density at radius 1 is 1.28 bits per heavy atom. The van der Waals surface area contributed by atoms with Gasteiger partial charge >= 0.3 is 5.97 Å². The average Bonchev–Trinajstić information content (AvgIpc) is 2.60. The molecule has 0 saturated carbocycles. The number of nitrogens with zero attached hydrogens (tertiary/aromatic N) is 1. The lowest BCUT2D eigenvalue weighted by atomic mass is 9.74. The number of aliphatic carboxylic acids is 1. The van der Waals surface area contributed by atoms with E-state index < -0.39 is 5.97 Å². The van der Waals surface area contributed by atoms with Crippen LogP contribution in [0.1, 0.15) is 43.4 Å². The number of hydrogen-bond acceptors (Lipinski definition) is 4. The summed E-state index contributed by atoms with van der Waals surface area (Å²) in [6.07, 6.45) is 2.17. The fraction of sp³-hybridized carbons (Fsp3) is 0.579. The minimum absolute atomic E-state index is 0.0389. The van der Waals surface area contributed by atoms with Crippen molar-refractivity contribution < 1.29 is 24.2 Å². The molecule has 6 nitrogen and oxygen atoms in total. The molecule has 1 aromatic rings. The first kappa shape index (κ1) is 17.6. The number of hydrogen-bond donors (Lipinski definition) is 1. The SMILES string of the molecule is CC[C@@H]1C(=O)N2CCc3cc(OC)c(OC)cc3[C@@H]2C[C@@H]1CC(=O)O. The molecule has 0 spiro atoms. The lowest BCUT2D eigenvalue weighted by Crippen LogP contribution is -2.50. The van der Waals surface area contributed by atoms with Crippen molar-refractivity contribution in [1.29, 1.82) is 0 Å². The summed E-state index contributed by atoms with van der Waals surface area (Å²) in [6, 6.07) is 3.85. The zero-order valence-corrected chi connectivity index (χ0v) is 14.9. The highest BCUT2D eigenvalue weighted by atomic mass is 16.5. The highest BCUT2D eigenvalue weighted by molar-refractivity contribution is 5.82. The van der Waals surface area contributed by atoms with Crippen LogP contribution >= 0.6 is 0 Å². The standard InChI is InChI=1S/C19H25NO5/c1-4-13-12(9-18(21)22)7-15-14-10-17(25-3)16(24-2)8-11(14)5-6-20(15)19(13)23/h8,10,12-13,15H,4-7,9H2,1-3H3,(H,21,22)/t12-,13+,15+/m1/s1. The minimum atomic E-state index is -0.840. The molecular formula is C19H25NO5. The molecule has 2 heterocycles. The lowest BCUT2D eigenvalue weighted by Gasteiger charge is -2.46. The van der Waals surface area contributed by atoms with Gasteiger partial charge in [0, 0.05) is 18.9 Å². The number of rotatable bonds is 5. The van der Waals surface area contributed by atoms with E-state index in [2.05, 4.69) is 0 Å². The fourth-order valence-electron chi connectivity index (χ4n) is 4.37. The molecular weight excluding hydrogens is 322 g/mol. The first-order valence-electron chi connectivity index (χ1n) is 8.77. The molecule has 136 valence electrons. The zero-order chi connectivity index (χ0) is 18.1. The van der Waals surface area contributed by atoms with E-state index in [1.54, 1.807) is 14.2 Å². The average molecular weight is 347 g/mol. The molecule has 0 radical (unpaired) electrons. The van der Waals surface area contributed by atoms with E-state index >= 15 is 0 Å². The number of carbonyl (C=O) groups is 2. The Hall–Kier alpha value is -2.24. The molecule has 0 bridgehead atoms. The summed E-state index contributed by atoms with van der Waals surface area (Å²) in [5.41, 5.74) is 2.21. The van der Waals surface area contributed by atoms with Crippen molar-refractivity contribution in [2.24, 2.45) is 11.8 Å². The van der Waals surface area contributed by atoms with Crippen LogP contribution < -0.4 is 9.47 Å². The van der Waals surface area contributed by atoms with Gasteiger partial charge in [-0.25, -0.2) is 0 Å². The molecule has 6 heteroatoms. The van der Waals surface area contributed by atoms with Gasteiger partial charge in [-0.15, -0.1) is 0 Å². The molecule has 1 amide bonds. The predicted octanol–water partition coefficient (Wildman–Crippen LogP) is 2.65. The van der Waals surface area contributed by atoms with Crippen molar-refractivity contribution in [2.45, 2.75) is 38.6 Å². The van der Waals surface area contributed by atoms with Gasteiger partial charge in [-0.3, -0.25) is 9.59 Å². The summed E-state index contributed by atoms with van der Waals surface area (Å²) < 4.78 is 10.8. The second kappa shape index (κ2) is 6.94. The number of piperidine rings is 1. The number of amides is 1. The Morgan fingerprint density at radius 3 is 2.56 bits per heavy atom. The van der Waals surface area contributed by atoms with E-state index in [-0.39, 0.29) is 30.2 Å². The van der Waals surface area contributed by atoms with Gasteiger partial charge in [0.05, 0.1) is 20.3 Å². The zero-order valence-electron chi connectivity index (χ0n) is 14.9. The van der Waals surface area contributed by atoms with Crippen LogP contribution in [0, 0.1) is 11.8 Å². The van der Waals surface area contributed by atoms with E-state index in [4.69, 9.17) is 9.47 Å². The van der Waals surface area contributed by atoms with Gasteiger partial charge in [0.25, 0.3) is 0 Å². The maximum Gasteiger partial charge on any atom is 0.303 e. The summed E-state index contributed by atoms with van der Waals surface area (Å²) in [5, 5.41) is 9.25. The summed E-state index contributed by atoms with van der Waals surface area (Å²) in [4.78, 5) is 26.1. The van der Waals surface area contributed by atoms with Crippen LogP contribution in [0.5, 0.6) is 11.5 Å². The van der Waals surface area contributed by atoms with Crippen LogP contribution in [0.25, 0.3) is 0 Å². The van der Waals surface area contributed by atoms with Gasteiger partial charge in [0.2, 0.25) is 5.91 Å². The number of ether oxygens (including phenoxy) is 2. The second-order valence-corrected chi connectivity index (χ2v) is 6.81. The Labute approximate surface area is 147 Å². The molecule has 2 aliphatic heterocycles. The van der Waals surface area contributed by atoms with Crippen molar-refractivity contribution in [3.05, 3.63) is 23.3 Å². The highest BCUT2D eigenvalue weighted by Gasteiger charge is 2.44. The Kier molecular flexibility index (Phi) is 4.88. The quantitative estimate of drug-likeness (QED) is 0.886. The van der Waals surface area contributed by atoms with E-state index in [0.29, 0.717) is 30.9 Å². The van der Waals surface area contributed by atoms with Gasteiger partial charge in [0.1, 0.15) is 0 Å². The van der Waals surface area contributed by atoms with E-state index in [1.807, 2.05) is 24.0 Å². The molecule has 1 saturated heterocycles. The predicted molar refractivity (Wildman–Crippen MR) is 91.8 cm³/mol. The van der Waals surface area contributed by atoms with Crippen molar-refractivity contribution in [3.8, 4) is 11.5 Å². The van der Waals surface area contributed by atoms with Crippen LogP contribution in [-0.4, -0.2) is 42.6 Å². The number of benzene rings is 1. The normalized spacial score (nSPS) is 25.2. The van der Waals surface area contributed by atoms with Crippen LogP contribution in [0.2, 0.25) is 0 Å². The summed E-state index contributed by atoms with van der Waals surface area (Å²) in [5.74, 6) is 0.246. The van der Waals surface area contributed by atoms with Crippen molar-refractivity contribution in [2.75, 3.05) is 20.8 Å². The number of fused-ring (bicyclic) bond motifs is 3. The third kappa shape index (κ3) is 3.05. The van der Waals surface area contributed by atoms with E-state index in [9.17, 15) is 14.7 Å². The van der Waals surface area contributed by atoms with Crippen LogP contribution in [0.15, 0.2) is 12.1 Å². The van der Waals surface area contributed by atoms with Gasteiger partial charge in [-0.2, -0.15) is 0 Å². The van der Waals surface area contributed by atoms with Crippen LogP contribution in [0.3, 0.4) is 0 Å². The smallest absolute Gasteiger partial charge is 0.303 e. The number of carbonyl (C=O) groups excluding carboxylic acids is 1. The monoisotopic (exact) mass is 347 g/mol. The molecule has 0 aliphatic carbocycles. The summed E-state index contributed by atoms with van der Waals surface area (Å²) >= 11 is 0.